The van der Waals surface area contributed by atoms with Crippen LogP contribution in [0.3, 0.4) is 0 Å². The van der Waals surface area contributed by atoms with E-state index in [1.54, 1.807) is 0 Å². The molecule has 0 saturated carbocycles. The summed E-state index contributed by atoms with van der Waals surface area (Å²) in [5.74, 6) is 0.787. The number of benzene rings is 1. The molecule has 0 aliphatic carbocycles. The van der Waals surface area contributed by atoms with Gasteiger partial charge in [0.2, 0.25) is 0 Å². The predicted molar refractivity (Wildman–Crippen MR) is 72.3 cm³/mol. The van der Waals surface area contributed by atoms with Crippen LogP contribution in [0, 0.1) is 0 Å². The normalized spacial score (nSPS) is 19.7. The first-order valence-corrected chi connectivity index (χ1v) is 6.59. The molecule has 19 heavy (non-hydrogen) atoms. The fraction of sp³-hybridized carbons (Fsp3) is 0.500. The van der Waals surface area contributed by atoms with Crippen molar-refractivity contribution in [1.82, 2.24) is 10.6 Å². The Morgan fingerprint density at radius 2 is 2.21 bits per heavy atom. The number of hydrogen-bond donors (Lipinski definition) is 2. The summed E-state index contributed by atoms with van der Waals surface area (Å²) in [4.78, 5) is 10.9. The Hall–Kier alpha value is -1.75. The molecule has 5 nitrogen and oxygen atoms in total. The lowest BCUT2D eigenvalue weighted by atomic mass is 10.1. The van der Waals surface area contributed by atoms with Crippen LogP contribution < -0.4 is 15.4 Å². The molecule has 104 valence electrons. The smallest absolute Gasteiger partial charge is 0.407 e. The topological polar surface area (TPSA) is 59.6 Å². The van der Waals surface area contributed by atoms with Gasteiger partial charge in [-0.05, 0) is 31.2 Å². The minimum absolute atomic E-state index is 0.201. The molecule has 2 unspecified atom stereocenters. The molecule has 0 bridgehead atoms. The van der Waals surface area contributed by atoms with Crippen LogP contribution in [0.5, 0.6) is 5.75 Å². The fourth-order valence-electron chi connectivity index (χ4n) is 1.99. The standard InChI is InChI=1S/C14H20N2O3/c1-3-15-10(2)11-4-6-12(7-5-11)18-9-13-8-16-14(17)19-13/h4-7,10,13,15H,3,8-9H2,1-2H3,(H,16,17). The molecule has 2 N–H and O–H groups in total. The van der Waals surface area contributed by atoms with Crippen LogP contribution in [0.2, 0.25) is 0 Å². The third kappa shape index (κ3) is 3.86. The molecule has 0 aromatic heterocycles. The minimum Gasteiger partial charge on any atom is -0.490 e. The van der Waals surface area contributed by atoms with Gasteiger partial charge in [0.15, 0.2) is 6.10 Å². The van der Waals surface area contributed by atoms with Gasteiger partial charge >= 0.3 is 6.09 Å². The van der Waals surface area contributed by atoms with Crippen LogP contribution in [0.15, 0.2) is 24.3 Å². The van der Waals surface area contributed by atoms with Crippen LogP contribution in [0.4, 0.5) is 4.79 Å². The summed E-state index contributed by atoms with van der Waals surface area (Å²) >= 11 is 0. The Kier molecular flexibility index (Phi) is 4.63. The zero-order valence-corrected chi connectivity index (χ0v) is 11.3. The third-order valence-electron chi connectivity index (χ3n) is 3.07. The van der Waals surface area contributed by atoms with Crippen molar-refractivity contribution in [3.63, 3.8) is 0 Å². The van der Waals surface area contributed by atoms with E-state index in [4.69, 9.17) is 9.47 Å². The van der Waals surface area contributed by atoms with E-state index in [9.17, 15) is 4.79 Å². The highest BCUT2D eigenvalue weighted by Gasteiger charge is 2.22. The van der Waals surface area contributed by atoms with Crippen LogP contribution in [0.25, 0.3) is 0 Å². The highest BCUT2D eigenvalue weighted by Crippen LogP contribution is 2.18. The largest absolute Gasteiger partial charge is 0.490 e. The van der Waals surface area contributed by atoms with E-state index < -0.39 is 0 Å². The zero-order chi connectivity index (χ0) is 13.7. The average molecular weight is 264 g/mol. The molecule has 1 heterocycles. The van der Waals surface area contributed by atoms with E-state index in [1.165, 1.54) is 5.56 Å². The second-order valence-electron chi connectivity index (χ2n) is 4.57. The Morgan fingerprint density at radius 3 is 2.79 bits per heavy atom. The second-order valence-corrected chi connectivity index (χ2v) is 4.57. The van der Waals surface area contributed by atoms with Crippen molar-refractivity contribution in [2.24, 2.45) is 0 Å². The molecule has 1 fully saturated rings. The average Bonchev–Trinajstić information content (AvgIpc) is 2.83. The first-order valence-electron chi connectivity index (χ1n) is 6.59. The summed E-state index contributed by atoms with van der Waals surface area (Å²) in [6, 6.07) is 8.29. The molecular formula is C14H20N2O3. The summed E-state index contributed by atoms with van der Waals surface area (Å²) in [6.45, 7) is 6.04. The molecule has 1 aliphatic rings. The van der Waals surface area contributed by atoms with Crippen molar-refractivity contribution < 1.29 is 14.3 Å². The maximum atomic E-state index is 10.9. The van der Waals surface area contributed by atoms with Gasteiger partial charge in [-0.15, -0.1) is 0 Å². The van der Waals surface area contributed by atoms with Gasteiger partial charge in [-0.1, -0.05) is 19.1 Å². The number of ether oxygens (including phenoxy) is 2. The molecular weight excluding hydrogens is 244 g/mol. The van der Waals surface area contributed by atoms with Crippen molar-refractivity contribution in [3.05, 3.63) is 29.8 Å². The highest BCUT2D eigenvalue weighted by atomic mass is 16.6. The second kappa shape index (κ2) is 6.43. The highest BCUT2D eigenvalue weighted by molar-refractivity contribution is 5.69. The third-order valence-corrected chi connectivity index (χ3v) is 3.07. The van der Waals surface area contributed by atoms with Gasteiger partial charge in [-0.3, -0.25) is 0 Å². The van der Waals surface area contributed by atoms with Crippen LogP contribution in [0.1, 0.15) is 25.5 Å². The molecule has 1 aliphatic heterocycles. The Morgan fingerprint density at radius 1 is 1.47 bits per heavy atom. The first kappa shape index (κ1) is 13.7. The molecule has 1 aromatic rings. The van der Waals surface area contributed by atoms with Gasteiger partial charge in [-0.2, -0.15) is 0 Å². The summed E-state index contributed by atoms with van der Waals surface area (Å²) < 4.78 is 10.6. The van der Waals surface area contributed by atoms with Crippen LogP contribution >= 0.6 is 0 Å². The number of hydrogen-bond acceptors (Lipinski definition) is 4. The Labute approximate surface area is 113 Å². The van der Waals surface area contributed by atoms with E-state index in [0.29, 0.717) is 19.2 Å². The summed E-state index contributed by atoms with van der Waals surface area (Å²) in [5.41, 5.74) is 1.23. The monoisotopic (exact) mass is 264 g/mol. The molecule has 1 saturated heterocycles. The lowest BCUT2D eigenvalue weighted by Gasteiger charge is -2.14. The van der Waals surface area contributed by atoms with Crippen molar-refractivity contribution in [2.75, 3.05) is 19.7 Å². The summed E-state index contributed by atoms with van der Waals surface area (Å²) in [5, 5.41) is 5.95. The van der Waals surface area contributed by atoms with Gasteiger partial charge in [0, 0.05) is 6.04 Å². The SMILES string of the molecule is CCNC(C)c1ccc(OCC2CNC(=O)O2)cc1. The Bertz CT molecular complexity index is 419. The maximum Gasteiger partial charge on any atom is 0.407 e. The maximum absolute atomic E-state index is 10.9. The van der Waals surface area contributed by atoms with E-state index >= 15 is 0 Å². The lowest BCUT2D eigenvalue weighted by Crippen LogP contribution is -2.22. The number of alkyl carbamates (subject to hydrolysis) is 1. The number of rotatable bonds is 6. The molecule has 2 rings (SSSR count). The molecule has 1 amide bonds. The molecule has 0 radical (unpaired) electrons. The minimum atomic E-state index is -0.372. The van der Waals surface area contributed by atoms with Crippen molar-refractivity contribution in [3.8, 4) is 5.75 Å². The van der Waals surface area contributed by atoms with Gasteiger partial charge in [-0.25, -0.2) is 4.79 Å². The number of cyclic esters (lactones) is 1. The number of carbonyl (C=O) groups excluding carboxylic acids is 1. The van der Waals surface area contributed by atoms with Crippen molar-refractivity contribution in [1.29, 1.82) is 0 Å². The number of amides is 1. The van der Waals surface area contributed by atoms with Gasteiger partial charge < -0.3 is 20.1 Å². The zero-order valence-electron chi connectivity index (χ0n) is 11.3. The number of nitrogens with one attached hydrogen (secondary N) is 2. The predicted octanol–water partition coefficient (Wildman–Crippen LogP) is 1.84. The van der Waals surface area contributed by atoms with Crippen molar-refractivity contribution >= 4 is 6.09 Å². The quantitative estimate of drug-likeness (QED) is 0.823. The van der Waals surface area contributed by atoms with Gasteiger partial charge in [0.05, 0.1) is 6.54 Å². The lowest BCUT2D eigenvalue weighted by molar-refractivity contribution is 0.105. The summed E-state index contributed by atoms with van der Waals surface area (Å²) in [7, 11) is 0. The first-order chi connectivity index (χ1) is 9.19. The van der Waals surface area contributed by atoms with Gasteiger partial charge in [0.25, 0.3) is 0 Å². The fourth-order valence-corrected chi connectivity index (χ4v) is 1.99. The van der Waals surface area contributed by atoms with Gasteiger partial charge in [0.1, 0.15) is 12.4 Å². The molecule has 2 atom stereocenters. The van der Waals surface area contributed by atoms with Crippen LogP contribution in [-0.4, -0.2) is 31.9 Å². The van der Waals surface area contributed by atoms with E-state index in [0.717, 1.165) is 12.3 Å². The molecule has 1 aromatic carbocycles. The van der Waals surface area contributed by atoms with E-state index in [1.807, 2.05) is 24.3 Å². The van der Waals surface area contributed by atoms with Crippen molar-refractivity contribution in [2.45, 2.75) is 26.0 Å². The number of carbonyl (C=O) groups is 1. The van der Waals surface area contributed by atoms with E-state index in [-0.39, 0.29) is 12.2 Å². The van der Waals surface area contributed by atoms with Crippen LogP contribution in [-0.2, 0) is 4.74 Å². The molecule has 0 spiro atoms. The van der Waals surface area contributed by atoms with E-state index in [2.05, 4.69) is 24.5 Å². The summed E-state index contributed by atoms with van der Waals surface area (Å²) in [6.07, 6.45) is -0.573. The Balaban J connectivity index is 1.83. The molecule has 5 heteroatoms.